The van der Waals surface area contributed by atoms with Crippen LogP contribution in [0.2, 0.25) is 5.02 Å². The predicted molar refractivity (Wildman–Crippen MR) is 122 cm³/mol. The molecule has 1 aliphatic rings. The molecule has 0 saturated heterocycles. The molecule has 2 N–H and O–H groups in total. The van der Waals surface area contributed by atoms with Crippen LogP contribution in [0.4, 0.5) is 0 Å². The first-order valence-electron chi connectivity index (χ1n) is 10.5. The molecule has 0 radical (unpaired) electrons. The second-order valence-electron chi connectivity index (χ2n) is 7.35. The summed E-state index contributed by atoms with van der Waals surface area (Å²) in [6, 6.07) is 21.0. The number of para-hydroxylation sites is 3. The number of quaternary nitrogens is 1. The van der Waals surface area contributed by atoms with Crippen LogP contribution in [-0.2, 0) is 0 Å². The summed E-state index contributed by atoms with van der Waals surface area (Å²) in [6.07, 6.45) is -0.388. The maximum absolute atomic E-state index is 6.30. The number of methoxy groups -OCH3 is 2. The zero-order valence-electron chi connectivity index (χ0n) is 18.1. The van der Waals surface area contributed by atoms with Gasteiger partial charge in [-0.2, -0.15) is 0 Å². The molecule has 0 spiro atoms. The fourth-order valence-corrected chi connectivity index (χ4v) is 3.80. The molecule has 3 aromatic rings. The average Bonchev–Trinajstić information content (AvgIpc) is 2.83. The first-order chi connectivity index (χ1) is 15.7. The molecule has 6 nitrogen and oxygen atoms in total. The van der Waals surface area contributed by atoms with Gasteiger partial charge in [0.15, 0.2) is 35.2 Å². The maximum Gasteiger partial charge on any atom is 0.203 e. The van der Waals surface area contributed by atoms with Gasteiger partial charge in [-0.15, -0.1) is 0 Å². The smallest absolute Gasteiger partial charge is 0.203 e. The quantitative estimate of drug-likeness (QED) is 0.495. The third-order valence-electron chi connectivity index (χ3n) is 5.27. The Balaban J connectivity index is 1.38. The summed E-state index contributed by atoms with van der Waals surface area (Å²) in [6.45, 7) is 1.93. The van der Waals surface area contributed by atoms with Crippen molar-refractivity contribution >= 4 is 11.6 Å². The topological polar surface area (TPSA) is 62.8 Å². The van der Waals surface area contributed by atoms with Crippen molar-refractivity contribution in [3.8, 4) is 28.7 Å². The number of nitrogens with two attached hydrogens (primary N) is 1. The molecule has 0 aliphatic carbocycles. The lowest BCUT2D eigenvalue weighted by molar-refractivity contribution is -0.662. The van der Waals surface area contributed by atoms with Gasteiger partial charge < -0.3 is 29.0 Å². The van der Waals surface area contributed by atoms with E-state index in [1.807, 2.05) is 66.7 Å². The van der Waals surface area contributed by atoms with Gasteiger partial charge in [0, 0.05) is 5.02 Å². The molecule has 0 bridgehead atoms. The van der Waals surface area contributed by atoms with Crippen molar-refractivity contribution in [2.45, 2.75) is 12.2 Å². The zero-order chi connectivity index (χ0) is 22.3. The van der Waals surface area contributed by atoms with Gasteiger partial charge in [-0.05, 0) is 42.0 Å². The molecule has 1 aliphatic heterocycles. The van der Waals surface area contributed by atoms with Crippen molar-refractivity contribution in [3.05, 3.63) is 77.3 Å². The third-order valence-corrected chi connectivity index (χ3v) is 5.52. The van der Waals surface area contributed by atoms with Crippen LogP contribution in [0.3, 0.4) is 0 Å². The van der Waals surface area contributed by atoms with Crippen molar-refractivity contribution < 1.29 is 29.0 Å². The highest BCUT2D eigenvalue weighted by Crippen LogP contribution is 2.39. The molecule has 0 saturated carbocycles. The number of ether oxygens (including phenoxy) is 5. The highest BCUT2D eigenvalue weighted by molar-refractivity contribution is 6.30. The second kappa shape index (κ2) is 10.5. The van der Waals surface area contributed by atoms with Gasteiger partial charge in [-0.1, -0.05) is 41.9 Å². The zero-order valence-corrected chi connectivity index (χ0v) is 18.9. The van der Waals surface area contributed by atoms with Crippen LogP contribution >= 0.6 is 11.6 Å². The Labute approximate surface area is 193 Å². The summed E-state index contributed by atoms with van der Waals surface area (Å²) in [5.74, 6) is 3.40. The van der Waals surface area contributed by atoms with Crippen LogP contribution in [-0.4, -0.2) is 40.0 Å². The summed E-state index contributed by atoms with van der Waals surface area (Å²) < 4.78 is 29.3. The summed E-state index contributed by atoms with van der Waals surface area (Å²) in [7, 11) is 3.23. The van der Waals surface area contributed by atoms with Crippen LogP contribution in [0.15, 0.2) is 66.7 Å². The highest BCUT2D eigenvalue weighted by Gasteiger charge is 2.34. The summed E-state index contributed by atoms with van der Waals surface area (Å²) in [5.41, 5.74) is 1.03. The van der Waals surface area contributed by atoms with E-state index in [9.17, 15) is 0 Å². The molecule has 2 atom stereocenters. The Morgan fingerprint density at radius 1 is 0.844 bits per heavy atom. The molecule has 0 aromatic heterocycles. The lowest BCUT2D eigenvalue weighted by atomic mass is 10.0. The van der Waals surface area contributed by atoms with Gasteiger partial charge in [0.1, 0.15) is 19.7 Å². The van der Waals surface area contributed by atoms with E-state index in [2.05, 4.69) is 5.32 Å². The van der Waals surface area contributed by atoms with Gasteiger partial charge in [0.25, 0.3) is 0 Å². The van der Waals surface area contributed by atoms with Gasteiger partial charge in [-0.25, -0.2) is 0 Å². The van der Waals surface area contributed by atoms with Crippen LogP contribution in [0, 0.1) is 0 Å². The highest BCUT2D eigenvalue weighted by atomic mass is 35.5. The van der Waals surface area contributed by atoms with E-state index < -0.39 is 0 Å². The largest absolute Gasteiger partial charge is 0.493 e. The lowest BCUT2D eigenvalue weighted by Crippen LogP contribution is -2.88. The molecule has 3 aromatic carbocycles. The van der Waals surface area contributed by atoms with Crippen molar-refractivity contribution in [2.75, 3.05) is 33.9 Å². The Hall–Kier alpha value is -3.09. The van der Waals surface area contributed by atoms with Crippen LogP contribution < -0.4 is 29.0 Å². The van der Waals surface area contributed by atoms with Crippen molar-refractivity contribution in [1.82, 2.24) is 0 Å². The lowest BCUT2D eigenvalue weighted by Gasteiger charge is -2.33. The maximum atomic E-state index is 6.30. The minimum absolute atomic E-state index is 0.160. The minimum atomic E-state index is -0.228. The summed E-state index contributed by atoms with van der Waals surface area (Å²) in [4.78, 5) is 0. The van der Waals surface area contributed by atoms with E-state index in [4.69, 9.17) is 35.3 Å². The molecular formula is C25H27ClNO5+. The minimum Gasteiger partial charge on any atom is -0.493 e. The number of fused-ring (bicyclic) bond motifs is 1. The predicted octanol–water partition coefficient (Wildman–Crippen LogP) is 3.88. The summed E-state index contributed by atoms with van der Waals surface area (Å²) >= 11 is 6.07. The summed E-state index contributed by atoms with van der Waals surface area (Å²) in [5, 5.41) is 2.85. The van der Waals surface area contributed by atoms with Gasteiger partial charge in [-0.3, -0.25) is 0 Å². The molecule has 0 unspecified atom stereocenters. The number of rotatable bonds is 9. The number of hydrogen-bond acceptors (Lipinski definition) is 5. The molecule has 0 fully saturated rings. The third kappa shape index (κ3) is 5.03. The number of halogens is 1. The van der Waals surface area contributed by atoms with E-state index in [0.717, 1.165) is 23.6 Å². The number of benzene rings is 3. The molecule has 7 heteroatoms. The molecule has 168 valence electrons. The fourth-order valence-electron chi connectivity index (χ4n) is 3.68. The number of hydrogen-bond donors (Lipinski definition) is 1. The Morgan fingerprint density at radius 3 is 2.16 bits per heavy atom. The van der Waals surface area contributed by atoms with E-state index in [0.29, 0.717) is 35.4 Å². The monoisotopic (exact) mass is 456 g/mol. The molecule has 0 amide bonds. The SMILES string of the molecule is COc1cccc(OC)c1OCC[NH2+]C[C@H]1Oc2ccccc2O[C@H]1c1ccc(Cl)cc1. The van der Waals surface area contributed by atoms with Crippen LogP contribution in [0.25, 0.3) is 0 Å². The normalized spacial score (nSPS) is 17.0. The van der Waals surface area contributed by atoms with E-state index in [1.54, 1.807) is 14.2 Å². The Kier molecular flexibility index (Phi) is 7.24. The first-order valence-corrected chi connectivity index (χ1v) is 10.9. The fraction of sp³-hybridized carbons (Fsp3) is 0.280. The molecule has 1 heterocycles. The standard InChI is InChI=1S/C25H26ClNO5/c1-28-21-8-5-9-22(29-2)25(21)30-15-14-27-16-23-24(17-10-12-18(26)13-11-17)32-20-7-4-3-6-19(20)31-23/h3-13,23-24,27H,14-16H2,1-2H3/p+1/t23-,24+/m1/s1. The second-order valence-corrected chi connectivity index (χ2v) is 7.78. The van der Waals surface area contributed by atoms with Crippen LogP contribution in [0.1, 0.15) is 11.7 Å². The van der Waals surface area contributed by atoms with Gasteiger partial charge in [0.05, 0.1) is 14.2 Å². The molecule has 32 heavy (non-hydrogen) atoms. The van der Waals surface area contributed by atoms with Crippen LogP contribution in [0.5, 0.6) is 28.7 Å². The van der Waals surface area contributed by atoms with E-state index >= 15 is 0 Å². The van der Waals surface area contributed by atoms with Crippen molar-refractivity contribution in [3.63, 3.8) is 0 Å². The molecule has 4 rings (SSSR count). The average molecular weight is 457 g/mol. The van der Waals surface area contributed by atoms with E-state index in [1.165, 1.54) is 0 Å². The first kappa shape index (κ1) is 22.1. The molecular weight excluding hydrogens is 430 g/mol. The Morgan fingerprint density at radius 2 is 1.50 bits per heavy atom. The van der Waals surface area contributed by atoms with Gasteiger partial charge >= 0.3 is 0 Å². The van der Waals surface area contributed by atoms with Crippen molar-refractivity contribution in [1.29, 1.82) is 0 Å². The van der Waals surface area contributed by atoms with Crippen molar-refractivity contribution in [2.24, 2.45) is 0 Å². The van der Waals surface area contributed by atoms with Gasteiger partial charge in [0.2, 0.25) is 5.75 Å². The Bertz CT molecular complexity index is 1000. The van der Waals surface area contributed by atoms with E-state index in [-0.39, 0.29) is 12.2 Å².